The van der Waals surface area contributed by atoms with Crippen molar-refractivity contribution in [2.24, 2.45) is 5.92 Å². The Morgan fingerprint density at radius 2 is 2.38 bits per heavy atom. The van der Waals surface area contributed by atoms with E-state index in [1.54, 1.807) is 11.3 Å². The Hall–Kier alpha value is -1.34. The van der Waals surface area contributed by atoms with Gasteiger partial charge in [0, 0.05) is 11.4 Å². The summed E-state index contributed by atoms with van der Waals surface area (Å²) in [7, 11) is 0. The van der Waals surface area contributed by atoms with Gasteiger partial charge in [0.05, 0.1) is 10.1 Å². The van der Waals surface area contributed by atoms with Crippen LogP contribution < -0.4 is 5.32 Å². The molecule has 7 heteroatoms. The van der Waals surface area contributed by atoms with Crippen molar-refractivity contribution < 1.29 is 9.21 Å². The van der Waals surface area contributed by atoms with Gasteiger partial charge in [-0.15, -0.1) is 21.5 Å². The molecule has 2 aromatic rings. The number of carbonyl (C=O) groups is 1. The van der Waals surface area contributed by atoms with Crippen molar-refractivity contribution in [3.63, 3.8) is 0 Å². The van der Waals surface area contributed by atoms with Crippen LogP contribution >= 0.6 is 23.1 Å². The topological polar surface area (TPSA) is 68.0 Å². The predicted molar refractivity (Wildman–Crippen MR) is 97.4 cm³/mol. The molecule has 130 valence electrons. The van der Waals surface area contributed by atoms with E-state index < -0.39 is 0 Å². The molecule has 0 unspecified atom stereocenters. The molecule has 1 aliphatic rings. The molecule has 1 aliphatic carbocycles. The SMILES string of the molecule is CCCNC(=O)[C@H](C)Sc1nnc(-c2cc3c(s2)CC[C@H](C)C3)o1. The first-order chi connectivity index (χ1) is 11.6. The molecule has 0 fully saturated rings. The fraction of sp³-hybridized carbons (Fsp3) is 0.588. The van der Waals surface area contributed by atoms with E-state index in [1.807, 2.05) is 13.8 Å². The average Bonchev–Trinajstić information content (AvgIpc) is 3.18. The molecule has 1 N–H and O–H groups in total. The van der Waals surface area contributed by atoms with E-state index in [1.165, 1.54) is 28.6 Å². The summed E-state index contributed by atoms with van der Waals surface area (Å²) >= 11 is 3.06. The highest BCUT2D eigenvalue weighted by atomic mass is 32.2. The average molecular weight is 366 g/mol. The van der Waals surface area contributed by atoms with Gasteiger partial charge in [-0.3, -0.25) is 4.79 Å². The van der Waals surface area contributed by atoms with Crippen LogP contribution in [0.25, 0.3) is 10.8 Å². The Bertz CT molecular complexity index is 711. The number of thiophene rings is 1. The second kappa shape index (κ2) is 7.70. The second-order valence-corrected chi connectivity index (χ2v) is 8.76. The lowest BCUT2D eigenvalue weighted by Gasteiger charge is -2.16. The van der Waals surface area contributed by atoms with E-state index in [9.17, 15) is 4.79 Å². The van der Waals surface area contributed by atoms with Gasteiger partial charge in [-0.2, -0.15) is 0 Å². The molecule has 3 rings (SSSR count). The Morgan fingerprint density at radius 1 is 1.54 bits per heavy atom. The number of rotatable bonds is 6. The zero-order chi connectivity index (χ0) is 17.1. The van der Waals surface area contributed by atoms with Crippen LogP contribution in [0, 0.1) is 5.92 Å². The van der Waals surface area contributed by atoms with Gasteiger partial charge in [0.25, 0.3) is 11.1 Å². The summed E-state index contributed by atoms with van der Waals surface area (Å²) < 4.78 is 5.77. The smallest absolute Gasteiger partial charge is 0.277 e. The molecule has 0 radical (unpaired) electrons. The largest absolute Gasteiger partial charge is 0.410 e. The van der Waals surface area contributed by atoms with Crippen molar-refractivity contribution in [2.45, 2.75) is 56.9 Å². The lowest BCUT2D eigenvalue weighted by molar-refractivity contribution is -0.120. The molecule has 2 heterocycles. The van der Waals surface area contributed by atoms with E-state index in [-0.39, 0.29) is 11.2 Å². The summed E-state index contributed by atoms with van der Waals surface area (Å²) in [6.07, 6.45) is 4.46. The number of amides is 1. The number of fused-ring (bicyclic) bond motifs is 1. The quantitative estimate of drug-likeness (QED) is 0.786. The van der Waals surface area contributed by atoms with Crippen molar-refractivity contribution in [3.8, 4) is 10.8 Å². The zero-order valence-electron chi connectivity index (χ0n) is 14.3. The second-order valence-electron chi connectivity index (χ2n) is 6.33. The Labute approximate surface area is 150 Å². The fourth-order valence-corrected chi connectivity index (χ4v) is 4.60. The van der Waals surface area contributed by atoms with Gasteiger partial charge in [0.15, 0.2) is 0 Å². The summed E-state index contributed by atoms with van der Waals surface area (Å²) in [5, 5.41) is 11.3. The minimum atomic E-state index is -0.248. The lowest BCUT2D eigenvalue weighted by Crippen LogP contribution is -2.31. The normalized spacial score (nSPS) is 18.2. The van der Waals surface area contributed by atoms with E-state index in [4.69, 9.17) is 4.42 Å². The molecule has 0 spiro atoms. The van der Waals surface area contributed by atoms with Crippen LogP contribution in [0.2, 0.25) is 0 Å². The van der Waals surface area contributed by atoms with E-state index >= 15 is 0 Å². The van der Waals surface area contributed by atoms with Gasteiger partial charge in [-0.1, -0.05) is 25.6 Å². The molecule has 0 bridgehead atoms. The maximum Gasteiger partial charge on any atom is 0.277 e. The Kier molecular flexibility index (Phi) is 5.61. The molecule has 5 nitrogen and oxygen atoms in total. The van der Waals surface area contributed by atoms with Crippen LogP contribution in [-0.4, -0.2) is 27.9 Å². The van der Waals surface area contributed by atoms with Crippen molar-refractivity contribution in [3.05, 3.63) is 16.5 Å². The van der Waals surface area contributed by atoms with Gasteiger partial charge in [-0.05, 0) is 50.2 Å². The minimum Gasteiger partial charge on any atom is -0.410 e. The van der Waals surface area contributed by atoms with Gasteiger partial charge in [0.2, 0.25) is 5.91 Å². The van der Waals surface area contributed by atoms with E-state index in [2.05, 4.69) is 28.5 Å². The Morgan fingerprint density at radius 3 is 3.17 bits per heavy atom. The molecular weight excluding hydrogens is 342 g/mol. The first kappa shape index (κ1) is 17.5. The van der Waals surface area contributed by atoms with Crippen LogP contribution in [0.1, 0.15) is 44.1 Å². The summed E-state index contributed by atoms with van der Waals surface area (Å²) in [6.45, 7) is 6.87. The summed E-state index contributed by atoms with van der Waals surface area (Å²) in [5.74, 6) is 1.31. The lowest BCUT2D eigenvalue weighted by atomic mass is 9.90. The number of aromatic nitrogens is 2. The number of thioether (sulfide) groups is 1. The molecule has 0 aromatic carbocycles. The highest BCUT2D eigenvalue weighted by Gasteiger charge is 2.22. The van der Waals surface area contributed by atoms with Crippen molar-refractivity contribution >= 4 is 29.0 Å². The molecule has 2 atom stereocenters. The molecule has 0 saturated heterocycles. The third-order valence-electron chi connectivity index (χ3n) is 4.14. The van der Waals surface area contributed by atoms with Crippen LogP contribution in [0.15, 0.2) is 15.7 Å². The van der Waals surface area contributed by atoms with Gasteiger partial charge in [-0.25, -0.2) is 0 Å². The summed E-state index contributed by atoms with van der Waals surface area (Å²) in [6, 6.07) is 2.19. The standard InChI is InChI=1S/C17H23N3O2S2/c1-4-7-18-15(21)11(3)23-17-20-19-16(22-17)14-9-12-8-10(2)5-6-13(12)24-14/h9-11H,4-8H2,1-3H3,(H,18,21)/t10-,11-/m0/s1. The third-order valence-corrected chi connectivity index (χ3v) is 6.30. The van der Waals surface area contributed by atoms with Crippen molar-refractivity contribution in [1.29, 1.82) is 0 Å². The van der Waals surface area contributed by atoms with E-state index in [0.717, 1.165) is 30.1 Å². The van der Waals surface area contributed by atoms with Crippen LogP contribution in [0.3, 0.4) is 0 Å². The maximum absolute atomic E-state index is 11.9. The number of nitrogens with one attached hydrogen (secondary N) is 1. The summed E-state index contributed by atoms with van der Waals surface area (Å²) in [5.41, 5.74) is 1.42. The van der Waals surface area contributed by atoms with Crippen LogP contribution in [-0.2, 0) is 17.6 Å². The molecule has 0 aliphatic heterocycles. The summed E-state index contributed by atoms with van der Waals surface area (Å²) in [4.78, 5) is 14.4. The molecule has 0 saturated carbocycles. The predicted octanol–water partition coefficient (Wildman–Crippen LogP) is 3.93. The number of nitrogens with zero attached hydrogens (tertiary/aromatic N) is 2. The minimum absolute atomic E-state index is 0.00201. The molecule has 2 aromatic heterocycles. The van der Waals surface area contributed by atoms with E-state index in [0.29, 0.717) is 17.7 Å². The highest BCUT2D eigenvalue weighted by molar-refractivity contribution is 8.00. The Balaban J connectivity index is 1.66. The van der Waals surface area contributed by atoms with Crippen molar-refractivity contribution in [1.82, 2.24) is 15.5 Å². The highest BCUT2D eigenvalue weighted by Crippen LogP contribution is 2.37. The molecule has 24 heavy (non-hydrogen) atoms. The third kappa shape index (κ3) is 4.00. The van der Waals surface area contributed by atoms with Crippen LogP contribution in [0.5, 0.6) is 0 Å². The molecular formula is C17H23N3O2S2. The number of hydrogen-bond donors (Lipinski definition) is 1. The fourth-order valence-electron chi connectivity index (χ4n) is 2.76. The van der Waals surface area contributed by atoms with Gasteiger partial charge >= 0.3 is 0 Å². The van der Waals surface area contributed by atoms with Gasteiger partial charge in [0.1, 0.15) is 0 Å². The van der Waals surface area contributed by atoms with Crippen LogP contribution in [0.4, 0.5) is 0 Å². The first-order valence-electron chi connectivity index (χ1n) is 8.46. The monoisotopic (exact) mass is 365 g/mol. The number of carbonyl (C=O) groups excluding carboxylic acids is 1. The number of hydrogen-bond acceptors (Lipinski definition) is 6. The first-order valence-corrected chi connectivity index (χ1v) is 10.2. The maximum atomic E-state index is 11.9. The van der Waals surface area contributed by atoms with Crippen molar-refractivity contribution in [2.75, 3.05) is 6.54 Å². The number of aryl methyl sites for hydroxylation is 1. The zero-order valence-corrected chi connectivity index (χ0v) is 15.9. The molecule has 1 amide bonds. The van der Waals surface area contributed by atoms with Gasteiger partial charge < -0.3 is 9.73 Å².